The van der Waals surface area contributed by atoms with Gasteiger partial charge in [-0.15, -0.1) is 0 Å². The van der Waals surface area contributed by atoms with Crippen molar-refractivity contribution in [3.8, 4) is 0 Å². The number of carboxylic acids is 1. The van der Waals surface area contributed by atoms with Crippen molar-refractivity contribution in [2.45, 2.75) is 24.9 Å². The van der Waals surface area contributed by atoms with Gasteiger partial charge >= 0.3 is 11.9 Å². The number of carbonyl (C=O) groups excluding carboxylic acids is 2. The van der Waals surface area contributed by atoms with Crippen LogP contribution in [0.4, 0.5) is 0 Å². The molecule has 0 aliphatic heterocycles. The third kappa shape index (κ3) is 5.23. The molecule has 0 spiro atoms. The molecule has 1 amide bonds. The van der Waals surface area contributed by atoms with Crippen LogP contribution < -0.4 is 11.1 Å². The second-order valence-electron chi connectivity index (χ2n) is 4.40. The van der Waals surface area contributed by atoms with Gasteiger partial charge in [0.15, 0.2) is 0 Å². The molecule has 21 heavy (non-hydrogen) atoms. The minimum atomic E-state index is -1.23. The van der Waals surface area contributed by atoms with Gasteiger partial charge in [0.2, 0.25) is 5.91 Å². The van der Waals surface area contributed by atoms with Crippen LogP contribution in [0.3, 0.4) is 0 Å². The third-order valence-electron chi connectivity index (χ3n) is 2.92. The molecule has 0 radical (unpaired) electrons. The van der Waals surface area contributed by atoms with Gasteiger partial charge in [-0.1, -0.05) is 30.3 Å². The lowest BCUT2D eigenvalue weighted by Crippen LogP contribution is -2.45. The van der Waals surface area contributed by atoms with Gasteiger partial charge in [0, 0.05) is 6.42 Å². The van der Waals surface area contributed by atoms with E-state index in [1.165, 1.54) is 7.11 Å². The summed E-state index contributed by atoms with van der Waals surface area (Å²) >= 11 is 0. The average Bonchev–Trinajstić information content (AvgIpc) is 2.50. The highest BCUT2D eigenvalue weighted by molar-refractivity contribution is 5.87. The first-order valence-corrected chi connectivity index (χ1v) is 6.36. The zero-order valence-corrected chi connectivity index (χ0v) is 11.6. The molecule has 1 rings (SSSR count). The molecule has 2 atom stereocenters. The van der Waals surface area contributed by atoms with E-state index >= 15 is 0 Å². The number of ether oxygens (including phenoxy) is 1. The van der Waals surface area contributed by atoms with Gasteiger partial charge in [-0.2, -0.15) is 0 Å². The molecule has 0 aromatic heterocycles. The first kappa shape index (κ1) is 16.6. The summed E-state index contributed by atoms with van der Waals surface area (Å²) in [6, 6.07) is 6.44. The number of nitrogens with one attached hydrogen (secondary N) is 1. The molecule has 0 fully saturated rings. The molecule has 7 nitrogen and oxygen atoms in total. The van der Waals surface area contributed by atoms with Crippen LogP contribution in [0.15, 0.2) is 30.3 Å². The second-order valence-corrected chi connectivity index (χ2v) is 4.40. The van der Waals surface area contributed by atoms with Crippen molar-refractivity contribution >= 4 is 17.8 Å². The summed E-state index contributed by atoms with van der Waals surface area (Å²) in [5.74, 6) is -2.38. The van der Waals surface area contributed by atoms with E-state index in [9.17, 15) is 14.4 Å². The Bertz CT molecular complexity index is 503. The SMILES string of the molecule is COC(=O)CC[C@@H](NC(=O)C(N)c1ccccc1)C(=O)O. The maximum atomic E-state index is 12.0. The molecule has 4 N–H and O–H groups in total. The number of esters is 1. The molecule has 0 saturated carbocycles. The number of rotatable bonds is 7. The van der Waals surface area contributed by atoms with Crippen molar-refractivity contribution in [3.63, 3.8) is 0 Å². The van der Waals surface area contributed by atoms with Gasteiger partial charge < -0.3 is 20.9 Å². The van der Waals surface area contributed by atoms with Gasteiger partial charge in [-0.05, 0) is 12.0 Å². The molecule has 0 saturated heterocycles. The fourth-order valence-electron chi connectivity index (χ4n) is 1.69. The Hall–Kier alpha value is -2.41. The van der Waals surface area contributed by atoms with Crippen LogP contribution >= 0.6 is 0 Å². The summed E-state index contributed by atoms with van der Waals surface area (Å²) in [4.78, 5) is 34.1. The Kier molecular flexibility index (Phi) is 6.35. The molecule has 7 heteroatoms. The van der Waals surface area contributed by atoms with Crippen LogP contribution in [-0.4, -0.2) is 36.1 Å². The second kappa shape index (κ2) is 8.01. The Balaban J connectivity index is 2.64. The van der Waals surface area contributed by atoms with E-state index in [2.05, 4.69) is 10.1 Å². The number of aliphatic carboxylic acids is 1. The lowest BCUT2D eigenvalue weighted by molar-refractivity contribution is -0.144. The van der Waals surface area contributed by atoms with Crippen molar-refractivity contribution in [1.29, 1.82) is 0 Å². The quantitative estimate of drug-likeness (QED) is 0.618. The normalized spacial score (nSPS) is 13.0. The van der Waals surface area contributed by atoms with Crippen LogP contribution in [0.25, 0.3) is 0 Å². The minimum absolute atomic E-state index is 0.0603. The Morgan fingerprint density at radius 2 is 1.90 bits per heavy atom. The fourth-order valence-corrected chi connectivity index (χ4v) is 1.69. The van der Waals surface area contributed by atoms with E-state index in [0.717, 1.165) is 0 Å². The zero-order chi connectivity index (χ0) is 15.8. The van der Waals surface area contributed by atoms with Gasteiger partial charge in [0.1, 0.15) is 12.1 Å². The summed E-state index contributed by atoms with van der Waals surface area (Å²) < 4.78 is 4.43. The minimum Gasteiger partial charge on any atom is -0.480 e. The Morgan fingerprint density at radius 1 is 1.29 bits per heavy atom. The van der Waals surface area contributed by atoms with Crippen molar-refractivity contribution in [2.75, 3.05) is 7.11 Å². The first-order valence-electron chi connectivity index (χ1n) is 6.36. The molecule has 1 aromatic rings. The number of carboxylic acid groups (broad SMARTS) is 1. The summed E-state index contributed by atoms with van der Waals surface area (Å²) in [6.07, 6.45) is -0.163. The number of hydrogen-bond donors (Lipinski definition) is 3. The molecular formula is C14H18N2O5. The summed E-state index contributed by atoms with van der Waals surface area (Å²) in [7, 11) is 1.21. The van der Waals surface area contributed by atoms with Gasteiger partial charge in [-0.3, -0.25) is 9.59 Å². The van der Waals surface area contributed by atoms with E-state index in [-0.39, 0.29) is 12.8 Å². The fraction of sp³-hybridized carbons (Fsp3) is 0.357. The van der Waals surface area contributed by atoms with E-state index < -0.39 is 29.9 Å². The van der Waals surface area contributed by atoms with Gasteiger partial charge in [-0.25, -0.2) is 4.79 Å². The number of methoxy groups -OCH3 is 1. The molecule has 114 valence electrons. The van der Waals surface area contributed by atoms with Crippen LogP contribution in [-0.2, 0) is 19.1 Å². The van der Waals surface area contributed by atoms with E-state index in [0.29, 0.717) is 5.56 Å². The Morgan fingerprint density at radius 3 is 2.43 bits per heavy atom. The van der Waals surface area contributed by atoms with E-state index in [1.807, 2.05) is 0 Å². The standard InChI is InChI=1S/C14H18N2O5/c1-21-11(17)8-7-10(14(19)20)16-13(18)12(15)9-5-3-2-4-6-9/h2-6,10,12H,7-8,15H2,1H3,(H,16,18)(H,19,20)/t10-,12?/m1/s1. The maximum absolute atomic E-state index is 12.0. The molecule has 0 heterocycles. The maximum Gasteiger partial charge on any atom is 0.326 e. The van der Waals surface area contributed by atoms with Crippen LogP contribution in [0.5, 0.6) is 0 Å². The molecule has 0 bridgehead atoms. The first-order chi connectivity index (χ1) is 9.95. The summed E-state index contributed by atoms with van der Waals surface area (Å²) in [5.41, 5.74) is 6.35. The molecule has 0 aliphatic rings. The van der Waals surface area contributed by atoms with Crippen molar-refractivity contribution in [1.82, 2.24) is 5.32 Å². The topological polar surface area (TPSA) is 119 Å². The van der Waals surface area contributed by atoms with E-state index in [4.69, 9.17) is 10.8 Å². The third-order valence-corrected chi connectivity index (χ3v) is 2.92. The van der Waals surface area contributed by atoms with Crippen LogP contribution in [0.2, 0.25) is 0 Å². The highest BCUT2D eigenvalue weighted by atomic mass is 16.5. The average molecular weight is 294 g/mol. The monoisotopic (exact) mass is 294 g/mol. The summed E-state index contributed by atoms with van der Waals surface area (Å²) in [5, 5.41) is 11.4. The predicted octanol–water partition coefficient (Wildman–Crippen LogP) is 0.209. The lowest BCUT2D eigenvalue weighted by atomic mass is 10.1. The highest BCUT2D eigenvalue weighted by Crippen LogP contribution is 2.10. The van der Waals surface area contributed by atoms with Gasteiger partial charge in [0.25, 0.3) is 0 Å². The number of benzene rings is 1. The summed E-state index contributed by atoms with van der Waals surface area (Å²) in [6.45, 7) is 0. The number of carbonyl (C=O) groups is 3. The van der Waals surface area contributed by atoms with Crippen LogP contribution in [0, 0.1) is 0 Å². The van der Waals surface area contributed by atoms with Gasteiger partial charge in [0.05, 0.1) is 7.11 Å². The highest BCUT2D eigenvalue weighted by Gasteiger charge is 2.24. The van der Waals surface area contributed by atoms with E-state index in [1.54, 1.807) is 30.3 Å². The number of nitrogens with two attached hydrogens (primary N) is 1. The van der Waals surface area contributed by atoms with Crippen molar-refractivity contribution in [3.05, 3.63) is 35.9 Å². The predicted molar refractivity (Wildman–Crippen MR) is 74.2 cm³/mol. The van der Waals surface area contributed by atoms with Crippen molar-refractivity contribution < 1.29 is 24.2 Å². The van der Waals surface area contributed by atoms with Crippen LogP contribution in [0.1, 0.15) is 24.4 Å². The molecule has 0 aliphatic carbocycles. The number of amides is 1. The zero-order valence-electron chi connectivity index (χ0n) is 11.6. The molecular weight excluding hydrogens is 276 g/mol. The molecule has 1 aromatic carbocycles. The number of hydrogen-bond acceptors (Lipinski definition) is 5. The largest absolute Gasteiger partial charge is 0.480 e. The van der Waals surface area contributed by atoms with Crippen molar-refractivity contribution in [2.24, 2.45) is 5.73 Å². The lowest BCUT2D eigenvalue weighted by Gasteiger charge is -2.17. The molecule has 1 unspecified atom stereocenters. The Labute approximate surface area is 122 Å². The smallest absolute Gasteiger partial charge is 0.326 e.